The number of benzene rings is 2. The second kappa shape index (κ2) is 6.56. The van der Waals surface area contributed by atoms with Crippen LogP contribution >= 0.6 is 0 Å². The van der Waals surface area contributed by atoms with Crippen molar-refractivity contribution in [2.45, 2.75) is 52.5 Å². The Morgan fingerprint density at radius 2 is 1.63 bits per heavy atom. The molecule has 3 nitrogen and oxygen atoms in total. The number of hydrogen-bond donors (Lipinski definition) is 2. The molecule has 1 heterocycles. The summed E-state index contributed by atoms with van der Waals surface area (Å²) in [7, 11) is 0. The van der Waals surface area contributed by atoms with Crippen molar-refractivity contribution >= 4 is 17.2 Å². The van der Waals surface area contributed by atoms with Gasteiger partial charge >= 0.3 is 0 Å². The quantitative estimate of drug-likeness (QED) is 0.687. The summed E-state index contributed by atoms with van der Waals surface area (Å²) < 4.78 is 0. The molecule has 27 heavy (non-hydrogen) atoms. The van der Waals surface area contributed by atoms with E-state index in [1.807, 2.05) is 12.1 Å². The standard InChI is InChI=1S/C24H28N2O/c1-15(2)16-9-11-17(12-10-16)23-22-20(13-24(3,4)14-21(22)27)25-18-7-5-6-8-19(18)26-23/h5-12,15,23,25-26H,13-14H2,1-4H3. The van der Waals surface area contributed by atoms with E-state index in [-0.39, 0.29) is 17.2 Å². The van der Waals surface area contributed by atoms with Crippen LogP contribution in [0.4, 0.5) is 11.4 Å². The van der Waals surface area contributed by atoms with Crippen molar-refractivity contribution < 1.29 is 4.79 Å². The van der Waals surface area contributed by atoms with Gasteiger partial charge in [0.25, 0.3) is 0 Å². The third kappa shape index (κ3) is 3.39. The highest BCUT2D eigenvalue weighted by molar-refractivity contribution is 6.01. The number of Topliss-reactive ketones (excluding diaryl/α,β-unsaturated/α-hetero) is 1. The Hall–Kier alpha value is -2.55. The summed E-state index contributed by atoms with van der Waals surface area (Å²) in [6.45, 7) is 8.75. The minimum Gasteiger partial charge on any atom is -0.372 e. The largest absolute Gasteiger partial charge is 0.372 e. The lowest BCUT2D eigenvalue weighted by molar-refractivity contribution is -0.118. The Balaban J connectivity index is 1.83. The summed E-state index contributed by atoms with van der Waals surface area (Å²) in [5.74, 6) is 0.738. The number of anilines is 2. The van der Waals surface area contributed by atoms with Crippen LogP contribution < -0.4 is 10.6 Å². The lowest BCUT2D eigenvalue weighted by atomic mass is 9.73. The molecule has 2 aromatic rings. The molecule has 0 fully saturated rings. The van der Waals surface area contributed by atoms with Gasteiger partial charge in [0, 0.05) is 17.7 Å². The molecule has 2 aliphatic rings. The zero-order valence-electron chi connectivity index (χ0n) is 16.6. The summed E-state index contributed by atoms with van der Waals surface area (Å²) in [4.78, 5) is 13.2. The van der Waals surface area contributed by atoms with Crippen LogP contribution in [-0.4, -0.2) is 5.78 Å². The molecule has 0 spiro atoms. The maximum Gasteiger partial charge on any atom is 0.163 e. The summed E-state index contributed by atoms with van der Waals surface area (Å²) in [6.07, 6.45) is 1.47. The first-order chi connectivity index (χ1) is 12.8. The zero-order chi connectivity index (χ0) is 19.2. The van der Waals surface area contributed by atoms with Crippen LogP contribution in [0, 0.1) is 5.41 Å². The number of fused-ring (bicyclic) bond motifs is 1. The molecular formula is C24H28N2O. The molecular weight excluding hydrogens is 332 g/mol. The molecule has 0 bridgehead atoms. The molecule has 1 aliphatic carbocycles. The van der Waals surface area contributed by atoms with Crippen LogP contribution in [-0.2, 0) is 4.79 Å². The fourth-order valence-electron chi connectivity index (χ4n) is 4.21. The van der Waals surface area contributed by atoms with Crippen molar-refractivity contribution in [3.63, 3.8) is 0 Å². The number of para-hydroxylation sites is 2. The van der Waals surface area contributed by atoms with Gasteiger partial charge in [0.15, 0.2) is 5.78 Å². The fourth-order valence-corrected chi connectivity index (χ4v) is 4.21. The molecule has 4 rings (SSSR count). The molecule has 1 atom stereocenters. The third-order valence-electron chi connectivity index (χ3n) is 5.66. The molecule has 0 saturated carbocycles. The lowest BCUT2D eigenvalue weighted by Crippen LogP contribution is -2.31. The van der Waals surface area contributed by atoms with E-state index in [0.29, 0.717) is 12.3 Å². The molecule has 0 amide bonds. The van der Waals surface area contributed by atoms with E-state index in [0.717, 1.165) is 34.6 Å². The molecule has 1 aliphatic heterocycles. The first-order valence-corrected chi connectivity index (χ1v) is 9.83. The average molecular weight is 361 g/mol. The Labute approximate surface area is 161 Å². The first-order valence-electron chi connectivity index (χ1n) is 9.83. The number of rotatable bonds is 2. The number of carbonyl (C=O) groups excluding carboxylic acids is 1. The van der Waals surface area contributed by atoms with Crippen LogP contribution in [0.3, 0.4) is 0 Å². The van der Waals surface area contributed by atoms with E-state index in [9.17, 15) is 4.79 Å². The van der Waals surface area contributed by atoms with E-state index in [1.165, 1.54) is 5.56 Å². The maximum atomic E-state index is 13.2. The van der Waals surface area contributed by atoms with Crippen LogP contribution in [0.15, 0.2) is 59.8 Å². The van der Waals surface area contributed by atoms with E-state index in [1.54, 1.807) is 0 Å². The molecule has 3 heteroatoms. The highest BCUT2D eigenvalue weighted by Gasteiger charge is 2.38. The Morgan fingerprint density at radius 1 is 0.963 bits per heavy atom. The van der Waals surface area contributed by atoms with Crippen molar-refractivity contribution in [2.75, 3.05) is 10.6 Å². The minimum atomic E-state index is -0.124. The molecule has 0 saturated heterocycles. The van der Waals surface area contributed by atoms with Crippen LogP contribution in [0.1, 0.15) is 63.6 Å². The van der Waals surface area contributed by atoms with Gasteiger partial charge in [-0.2, -0.15) is 0 Å². The normalized spacial score (nSPS) is 21.1. The van der Waals surface area contributed by atoms with Gasteiger partial charge in [0.2, 0.25) is 0 Å². The molecule has 2 N–H and O–H groups in total. The van der Waals surface area contributed by atoms with Gasteiger partial charge < -0.3 is 10.6 Å². The van der Waals surface area contributed by atoms with E-state index in [2.05, 4.69) is 74.7 Å². The van der Waals surface area contributed by atoms with E-state index >= 15 is 0 Å². The van der Waals surface area contributed by atoms with Crippen molar-refractivity contribution in [3.05, 3.63) is 70.9 Å². The van der Waals surface area contributed by atoms with Gasteiger partial charge in [-0.25, -0.2) is 0 Å². The lowest BCUT2D eigenvalue weighted by Gasteiger charge is -2.34. The summed E-state index contributed by atoms with van der Waals surface area (Å²) in [5, 5.41) is 7.21. The van der Waals surface area contributed by atoms with Gasteiger partial charge in [0.1, 0.15) is 0 Å². The second-order valence-corrected chi connectivity index (χ2v) is 8.90. The van der Waals surface area contributed by atoms with Crippen molar-refractivity contribution in [1.29, 1.82) is 0 Å². The predicted octanol–water partition coefficient (Wildman–Crippen LogP) is 6.03. The Morgan fingerprint density at radius 3 is 2.30 bits per heavy atom. The minimum absolute atomic E-state index is 0.0196. The predicted molar refractivity (Wildman–Crippen MR) is 112 cm³/mol. The van der Waals surface area contributed by atoms with Crippen molar-refractivity contribution in [1.82, 2.24) is 0 Å². The summed E-state index contributed by atoms with van der Waals surface area (Å²) in [5.41, 5.74) is 6.46. The number of nitrogens with one attached hydrogen (secondary N) is 2. The first kappa shape index (κ1) is 17.8. The Bertz CT molecular complexity index is 906. The fraction of sp³-hybridized carbons (Fsp3) is 0.375. The van der Waals surface area contributed by atoms with Gasteiger partial charge in [-0.1, -0.05) is 64.1 Å². The topological polar surface area (TPSA) is 41.1 Å². The smallest absolute Gasteiger partial charge is 0.163 e. The van der Waals surface area contributed by atoms with Crippen LogP contribution in [0.2, 0.25) is 0 Å². The third-order valence-corrected chi connectivity index (χ3v) is 5.66. The van der Waals surface area contributed by atoms with Crippen LogP contribution in [0.5, 0.6) is 0 Å². The van der Waals surface area contributed by atoms with Crippen LogP contribution in [0.25, 0.3) is 0 Å². The molecule has 1 unspecified atom stereocenters. The zero-order valence-corrected chi connectivity index (χ0v) is 16.6. The summed E-state index contributed by atoms with van der Waals surface area (Å²) >= 11 is 0. The Kier molecular flexibility index (Phi) is 4.33. The molecule has 2 aromatic carbocycles. The highest BCUT2D eigenvalue weighted by Crippen LogP contribution is 2.45. The van der Waals surface area contributed by atoms with Crippen molar-refractivity contribution in [2.24, 2.45) is 5.41 Å². The van der Waals surface area contributed by atoms with Crippen molar-refractivity contribution in [3.8, 4) is 0 Å². The molecule has 0 radical (unpaired) electrons. The second-order valence-electron chi connectivity index (χ2n) is 8.90. The van der Waals surface area contributed by atoms with Gasteiger partial charge in [-0.15, -0.1) is 0 Å². The number of ketones is 1. The number of hydrogen-bond acceptors (Lipinski definition) is 3. The highest BCUT2D eigenvalue weighted by atomic mass is 16.1. The van der Waals surface area contributed by atoms with E-state index < -0.39 is 0 Å². The number of carbonyl (C=O) groups is 1. The summed E-state index contributed by atoms with van der Waals surface area (Å²) in [6, 6.07) is 16.8. The van der Waals surface area contributed by atoms with Gasteiger partial charge in [-0.3, -0.25) is 4.79 Å². The van der Waals surface area contributed by atoms with E-state index in [4.69, 9.17) is 0 Å². The monoisotopic (exact) mass is 360 g/mol. The van der Waals surface area contributed by atoms with Gasteiger partial charge in [-0.05, 0) is 41.0 Å². The average Bonchev–Trinajstić information content (AvgIpc) is 2.77. The number of allylic oxidation sites excluding steroid dienone is 1. The molecule has 140 valence electrons. The SMILES string of the molecule is CC(C)c1ccc(C2Nc3ccccc3NC3=C2C(=O)CC(C)(C)C3)cc1. The van der Waals surface area contributed by atoms with Gasteiger partial charge in [0.05, 0.1) is 17.4 Å². The molecule has 0 aromatic heterocycles. The maximum absolute atomic E-state index is 13.2.